The third-order valence-corrected chi connectivity index (χ3v) is 5.32. The Labute approximate surface area is 160 Å². The van der Waals surface area contributed by atoms with Crippen molar-refractivity contribution in [3.8, 4) is 0 Å². The second kappa shape index (κ2) is 9.67. The molecule has 1 aromatic carbocycles. The van der Waals surface area contributed by atoms with Crippen LogP contribution >= 0.6 is 0 Å². The molecule has 27 heavy (non-hydrogen) atoms. The molecule has 1 saturated carbocycles. The standard InChI is InChI=1S/C21H30N2O4/c1-15(2)21(3,22-18-6-4-5-7-18)20(25)27-14-17-10-8-16(9-11-17)12-13-19(24)23-26/h8-13,15,18,22,26H,4-7,14H2,1-3H3,(H,23,24)/t21-/m1/s1. The first-order chi connectivity index (χ1) is 12.8. The summed E-state index contributed by atoms with van der Waals surface area (Å²) in [5.74, 6) is -0.695. The maximum atomic E-state index is 12.8. The van der Waals surface area contributed by atoms with Crippen LogP contribution in [0, 0.1) is 5.92 Å². The zero-order chi connectivity index (χ0) is 19.9. The van der Waals surface area contributed by atoms with Crippen molar-refractivity contribution in [3.63, 3.8) is 0 Å². The molecule has 0 saturated heterocycles. The molecule has 1 aliphatic rings. The van der Waals surface area contributed by atoms with E-state index in [1.165, 1.54) is 24.4 Å². The highest BCUT2D eigenvalue weighted by Gasteiger charge is 2.40. The first-order valence-corrected chi connectivity index (χ1v) is 9.51. The van der Waals surface area contributed by atoms with Gasteiger partial charge in [0.05, 0.1) is 0 Å². The molecule has 1 aromatic rings. The van der Waals surface area contributed by atoms with Crippen molar-refractivity contribution in [1.82, 2.24) is 10.8 Å². The molecule has 6 nitrogen and oxygen atoms in total. The van der Waals surface area contributed by atoms with Crippen LogP contribution in [-0.4, -0.2) is 28.7 Å². The number of benzene rings is 1. The van der Waals surface area contributed by atoms with Crippen molar-refractivity contribution in [3.05, 3.63) is 41.5 Å². The maximum Gasteiger partial charge on any atom is 0.326 e. The van der Waals surface area contributed by atoms with E-state index in [4.69, 9.17) is 9.94 Å². The summed E-state index contributed by atoms with van der Waals surface area (Å²) in [7, 11) is 0. The van der Waals surface area contributed by atoms with Gasteiger partial charge in [0, 0.05) is 12.1 Å². The minimum absolute atomic E-state index is 0.121. The molecule has 0 aromatic heterocycles. The van der Waals surface area contributed by atoms with Gasteiger partial charge >= 0.3 is 5.97 Å². The van der Waals surface area contributed by atoms with Gasteiger partial charge in [-0.25, -0.2) is 5.48 Å². The minimum atomic E-state index is -0.699. The molecule has 1 amide bonds. The smallest absolute Gasteiger partial charge is 0.326 e. The topological polar surface area (TPSA) is 87.7 Å². The fraction of sp³-hybridized carbons (Fsp3) is 0.524. The van der Waals surface area contributed by atoms with E-state index in [2.05, 4.69) is 5.32 Å². The van der Waals surface area contributed by atoms with Crippen LogP contribution in [0.4, 0.5) is 0 Å². The van der Waals surface area contributed by atoms with Gasteiger partial charge in [0.15, 0.2) is 0 Å². The van der Waals surface area contributed by atoms with E-state index >= 15 is 0 Å². The summed E-state index contributed by atoms with van der Waals surface area (Å²) in [4.78, 5) is 23.8. The number of hydrogen-bond acceptors (Lipinski definition) is 5. The number of amides is 1. The average Bonchev–Trinajstić information content (AvgIpc) is 3.17. The molecule has 0 aliphatic heterocycles. The number of hydroxylamine groups is 1. The number of hydrogen-bond donors (Lipinski definition) is 3. The van der Waals surface area contributed by atoms with Gasteiger partial charge in [-0.1, -0.05) is 51.0 Å². The van der Waals surface area contributed by atoms with Gasteiger partial charge in [-0.15, -0.1) is 0 Å². The van der Waals surface area contributed by atoms with Crippen LogP contribution < -0.4 is 10.8 Å². The zero-order valence-corrected chi connectivity index (χ0v) is 16.3. The quantitative estimate of drug-likeness (QED) is 0.281. The van der Waals surface area contributed by atoms with E-state index in [9.17, 15) is 9.59 Å². The lowest BCUT2D eigenvalue weighted by molar-refractivity contribution is -0.155. The molecule has 0 radical (unpaired) electrons. The molecule has 3 N–H and O–H groups in total. The first kappa shape index (κ1) is 21.1. The summed E-state index contributed by atoms with van der Waals surface area (Å²) in [6.45, 7) is 6.20. The SMILES string of the molecule is CC(C)[C@@](C)(NC1CCCC1)C(=O)OCc1ccc(C=CC(=O)NO)cc1. The van der Waals surface area contributed by atoms with E-state index in [-0.39, 0.29) is 18.5 Å². The molecule has 0 unspecified atom stereocenters. The lowest BCUT2D eigenvalue weighted by Gasteiger charge is -2.35. The highest BCUT2D eigenvalue weighted by atomic mass is 16.5. The van der Waals surface area contributed by atoms with Crippen LogP contribution in [-0.2, 0) is 20.9 Å². The number of nitrogens with one attached hydrogen (secondary N) is 2. The summed E-state index contributed by atoms with van der Waals surface area (Å²) < 4.78 is 5.60. The van der Waals surface area contributed by atoms with Crippen LogP contribution in [0.15, 0.2) is 30.3 Å². The van der Waals surface area contributed by atoms with Crippen molar-refractivity contribution < 1.29 is 19.5 Å². The van der Waals surface area contributed by atoms with Gasteiger partial charge in [0.2, 0.25) is 0 Å². The predicted octanol–water partition coefficient (Wildman–Crippen LogP) is 3.20. The third kappa shape index (κ3) is 5.91. The Kier molecular flexibility index (Phi) is 7.56. The van der Waals surface area contributed by atoms with Crippen LogP contribution in [0.3, 0.4) is 0 Å². The van der Waals surface area contributed by atoms with Crippen LogP contribution in [0.25, 0.3) is 6.08 Å². The van der Waals surface area contributed by atoms with E-state index in [0.29, 0.717) is 6.04 Å². The van der Waals surface area contributed by atoms with Crippen molar-refractivity contribution in [2.24, 2.45) is 5.92 Å². The normalized spacial score (nSPS) is 17.2. The second-order valence-corrected chi connectivity index (χ2v) is 7.61. The Morgan fingerprint density at radius 1 is 1.26 bits per heavy atom. The van der Waals surface area contributed by atoms with Crippen molar-refractivity contribution in [2.45, 2.75) is 64.6 Å². The largest absolute Gasteiger partial charge is 0.459 e. The van der Waals surface area contributed by atoms with Crippen LogP contribution in [0.2, 0.25) is 0 Å². The summed E-state index contributed by atoms with van der Waals surface area (Å²) in [6, 6.07) is 7.72. The summed E-state index contributed by atoms with van der Waals surface area (Å²) in [5, 5.41) is 12.0. The molecule has 1 fully saturated rings. The summed E-state index contributed by atoms with van der Waals surface area (Å²) >= 11 is 0. The van der Waals surface area contributed by atoms with E-state index < -0.39 is 11.4 Å². The Bertz CT molecular complexity index is 663. The molecule has 2 rings (SSSR count). The fourth-order valence-electron chi connectivity index (χ4n) is 3.19. The predicted molar refractivity (Wildman–Crippen MR) is 104 cm³/mol. The van der Waals surface area contributed by atoms with E-state index in [0.717, 1.165) is 24.0 Å². The molecule has 0 bridgehead atoms. The highest BCUT2D eigenvalue weighted by molar-refractivity contribution is 5.90. The highest BCUT2D eigenvalue weighted by Crippen LogP contribution is 2.26. The van der Waals surface area contributed by atoms with Crippen LogP contribution in [0.1, 0.15) is 57.6 Å². The molecule has 6 heteroatoms. The number of rotatable bonds is 8. The van der Waals surface area contributed by atoms with E-state index in [1.54, 1.807) is 6.08 Å². The van der Waals surface area contributed by atoms with Gasteiger partial charge in [0.25, 0.3) is 5.91 Å². The Morgan fingerprint density at radius 2 is 1.89 bits per heavy atom. The molecule has 148 valence electrons. The molecular weight excluding hydrogens is 344 g/mol. The maximum absolute atomic E-state index is 12.8. The van der Waals surface area contributed by atoms with Gasteiger partial charge in [0.1, 0.15) is 12.1 Å². The lowest BCUT2D eigenvalue weighted by Crippen LogP contribution is -2.57. The molecule has 0 spiro atoms. The Morgan fingerprint density at radius 3 is 2.44 bits per heavy atom. The Hall–Kier alpha value is -2.18. The first-order valence-electron chi connectivity index (χ1n) is 9.51. The van der Waals surface area contributed by atoms with Crippen molar-refractivity contribution in [2.75, 3.05) is 0 Å². The minimum Gasteiger partial charge on any atom is -0.459 e. The molecule has 1 aliphatic carbocycles. The average molecular weight is 374 g/mol. The molecular formula is C21H30N2O4. The number of esters is 1. The summed E-state index contributed by atoms with van der Waals surface area (Å²) in [5.41, 5.74) is 2.52. The third-order valence-electron chi connectivity index (χ3n) is 5.32. The number of ether oxygens (including phenoxy) is 1. The van der Waals surface area contributed by atoms with Crippen molar-refractivity contribution in [1.29, 1.82) is 0 Å². The zero-order valence-electron chi connectivity index (χ0n) is 16.3. The van der Waals surface area contributed by atoms with Gasteiger partial charge in [-0.05, 0) is 42.9 Å². The Balaban J connectivity index is 1.94. The summed E-state index contributed by atoms with van der Waals surface area (Å²) in [6.07, 6.45) is 7.46. The number of carbonyl (C=O) groups excluding carboxylic acids is 2. The second-order valence-electron chi connectivity index (χ2n) is 7.61. The molecule has 0 heterocycles. The molecule has 1 atom stereocenters. The monoisotopic (exact) mass is 374 g/mol. The lowest BCUT2D eigenvalue weighted by atomic mass is 9.87. The van der Waals surface area contributed by atoms with Gasteiger partial charge in [-0.3, -0.25) is 20.1 Å². The fourth-order valence-corrected chi connectivity index (χ4v) is 3.19. The van der Waals surface area contributed by atoms with E-state index in [1.807, 2.05) is 45.0 Å². The van der Waals surface area contributed by atoms with Gasteiger partial charge < -0.3 is 4.74 Å². The number of carbonyl (C=O) groups is 2. The van der Waals surface area contributed by atoms with Crippen LogP contribution in [0.5, 0.6) is 0 Å². The van der Waals surface area contributed by atoms with Crippen molar-refractivity contribution >= 4 is 18.0 Å². The van der Waals surface area contributed by atoms with Gasteiger partial charge in [-0.2, -0.15) is 0 Å².